The summed E-state index contributed by atoms with van der Waals surface area (Å²) in [6.07, 6.45) is 0. The Morgan fingerprint density at radius 2 is 1.20 bits per heavy atom. The third-order valence-electron chi connectivity index (χ3n) is 0. The molecule has 0 aromatic rings. The van der Waals surface area contributed by atoms with Gasteiger partial charge in [0.15, 0.2) is 5.11 Å². The Morgan fingerprint density at radius 3 is 1.20 bits per heavy atom. The van der Waals surface area contributed by atoms with Gasteiger partial charge in [-0.1, -0.05) is 0 Å². The van der Waals surface area contributed by atoms with Gasteiger partial charge in [0.25, 0.3) is 0 Å². The van der Waals surface area contributed by atoms with Crippen LogP contribution in [0.25, 0.3) is 0 Å². The molecule has 0 rings (SSSR count). The number of hydrogen-bond acceptors (Lipinski definition) is 4. The van der Waals surface area contributed by atoms with Gasteiger partial charge in [0.2, 0.25) is 0 Å². The van der Waals surface area contributed by atoms with Crippen molar-refractivity contribution < 1.29 is 9.35 Å². The molecule has 0 aliphatic rings. The maximum atomic E-state index is 9.00. The number of nitrogens with two attached hydrogens (primary N) is 4. The molecule has 0 aliphatic heterocycles. The molecule has 0 radical (unpaired) electrons. The minimum absolute atomic E-state index is 0.000000000000000222. The molecule has 0 saturated heterocycles. The molecule has 10 heavy (non-hydrogen) atoms. The summed E-state index contributed by atoms with van der Waals surface area (Å²) in [5, 5.41) is 0.000000000000000222. The van der Waals surface area contributed by atoms with Gasteiger partial charge in [-0.3, -0.25) is 0 Å². The monoisotopic (exact) mass is 186 g/mol. The molecule has 2 amide bonds. The molecule has 0 aromatic heterocycles. The van der Waals surface area contributed by atoms with E-state index in [1.807, 2.05) is 0 Å². The first kappa shape index (κ1) is 16.1. The van der Waals surface area contributed by atoms with Crippen molar-refractivity contribution in [1.29, 1.82) is 0 Å². The fourth-order valence-corrected chi connectivity index (χ4v) is 0. The molecule has 0 atom stereocenters. The lowest BCUT2D eigenvalue weighted by Crippen LogP contribution is -2.18. The molecule has 0 aliphatic carbocycles. The normalized spacial score (nSPS) is 5.40. The SMILES string of the molecule is NC(N)=O.NC(N)=S.OS. The van der Waals surface area contributed by atoms with Crippen molar-refractivity contribution in [1.82, 2.24) is 0 Å². The van der Waals surface area contributed by atoms with E-state index < -0.39 is 6.03 Å². The third kappa shape index (κ3) is 536. The quantitative estimate of drug-likeness (QED) is 0.157. The summed E-state index contributed by atoms with van der Waals surface area (Å²) >= 11 is 6.62. The van der Waals surface area contributed by atoms with Gasteiger partial charge in [-0.25, -0.2) is 4.79 Å². The molecule has 0 unspecified atom stereocenters. The van der Waals surface area contributed by atoms with Crippen molar-refractivity contribution in [2.75, 3.05) is 0 Å². The predicted octanol–water partition coefficient (Wildman–Crippen LogP) is -1.40. The summed E-state index contributed by atoms with van der Waals surface area (Å²) < 4.78 is 6.69. The van der Waals surface area contributed by atoms with Crippen molar-refractivity contribution in [3.05, 3.63) is 0 Å². The molecule has 0 heterocycles. The lowest BCUT2D eigenvalue weighted by Gasteiger charge is -1.68. The summed E-state index contributed by atoms with van der Waals surface area (Å²) in [5.74, 6) is 0. The Hall–Kier alpha value is -0.730. The van der Waals surface area contributed by atoms with Gasteiger partial charge in [0, 0.05) is 0 Å². The van der Waals surface area contributed by atoms with E-state index in [4.69, 9.17) is 9.35 Å². The summed E-state index contributed by atoms with van der Waals surface area (Å²) in [7, 11) is 0. The highest BCUT2D eigenvalue weighted by Gasteiger charge is 1.60. The number of carbonyl (C=O) groups is 1. The van der Waals surface area contributed by atoms with Crippen molar-refractivity contribution >= 4 is 36.3 Å². The van der Waals surface area contributed by atoms with Crippen LogP contribution in [0.3, 0.4) is 0 Å². The lowest BCUT2D eigenvalue weighted by atomic mass is 11.2. The lowest BCUT2D eigenvalue weighted by molar-refractivity contribution is 0.256. The number of hydrogen-bond donors (Lipinski definition) is 6. The summed E-state index contributed by atoms with van der Waals surface area (Å²) in [4.78, 5) is 9.00. The second kappa shape index (κ2) is 15.7. The molecule has 9 N–H and O–H groups in total. The van der Waals surface area contributed by atoms with E-state index in [1.54, 1.807) is 0 Å². The molecule has 8 heteroatoms. The minimum Gasteiger partial charge on any atom is -0.377 e. The molecule has 0 saturated carbocycles. The number of thiol groups is 1. The Morgan fingerprint density at radius 1 is 1.20 bits per heavy atom. The Labute approximate surface area is 69.2 Å². The van der Waals surface area contributed by atoms with Gasteiger partial charge < -0.3 is 27.5 Å². The smallest absolute Gasteiger partial charge is 0.309 e. The largest absolute Gasteiger partial charge is 0.377 e. The second-order valence-electron chi connectivity index (χ2n) is 0.805. The standard InChI is InChI=1S/CH4N2O.CH4N2S.H2OS/c2*2-1(3)4;1-2/h2*(H4,2,3,4);1-2H. The fourth-order valence-electron chi connectivity index (χ4n) is 0. The van der Waals surface area contributed by atoms with Crippen molar-refractivity contribution in [3.8, 4) is 0 Å². The zero-order valence-corrected chi connectivity index (χ0v) is 6.73. The molecule has 0 aromatic carbocycles. The van der Waals surface area contributed by atoms with Crippen LogP contribution in [0.5, 0.6) is 0 Å². The van der Waals surface area contributed by atoms with Crippen LogP contribution in [-0.2, 0) is 0 Å². The summed E-state index contributed by atoms with van der Waals surface area (Å²) in [5.41, 5.74) is 17.7. The van der Waals surface area contributed by atoms with E-state index in [-0.39, 0.29) is 5.11 Å². The summed E-state index contributed by atoms with van der Waals surface area (Å²) in [6, 6.07) is -0.833. The second-order valence-corrected chi connectivity index (χ2v) is 1.28. The molecule has 0 spiro atoms. The van der Waals surface area contributed by atoms with Crippen molar-refractivity contribution in [2.45, 2.75) is 0 Å². The molecule has 62 valence electrons. The molecule has 0 fully saturated rings. The number of urea groups is 1. The number of amides is 2. The van der Waals surface area contributed by atoms with Crippen LogP contribution in [0.15, 0.2) is 0 Å². The average Bonchev–Trinajstić information content (AvgIpc) is 1.66. The molecule has 0 bridgehead atoms. The van der Waals surface area contributed by atoms with E-state index in [0.29, 0.717) is 0 Å². The van der Waals surface area contributed by atoms with Gasteiger partial charge in [0.05, 0.1) is 0 Å². The maximum Gasteiger partial charge on any atom is 0.309 e. The van der Waals surface area contributed by atoms with E-state index in [0.717, 1.165) is 0 Å². The average molecular weight is 186 g/mol. The Balaban J connectivity index is -0.0000000787. The number of carbonyl (C=O) groups excluding carboxylic acids is 1. The van der Waals surface area contributed by atoms with Crippen LogP contribution in [0.4, 0.5) is 4.79 Å². The van der Waals surface area contributed by atoms with E-state index in [9.17, 15) is 0 Å². The Kier molecular flexibility index (Phi) is 25.4. The highest BCUT2D eigenvalue weighted by molar-refractivity contribution is 7.80. The van der Waals surface area contributed by atoms with Gasteiger partial charge in [0.1, 0.15) is 0 Å². The van der Waals surface area contributed by atoms with E-state index >= 15 is 0 Å². The van der Waals surface area contributed by atoms with Gasteiger partial charge in [-0.2, -0.15) is 0 Å². The van der Waals surface area contributed by atoms with Crippen LogP contribution < -0.4 is 22.9 Å². The highest BCUT2D eigenvalue weighted by Crippen LogP contribution is 1.32. The summed E-state index contributed by atoms with van der Waals surface area (Å²) in [6.45, 7) is 0. The zero-order chi connectivity index (χ0) is 9.15. The number of primary amides is 2. The van der Waals surface area contributed by atoms with Gasteiger partial charge >= 0.3 is 6.03 Å². The van der Waals surface area contributed by atoms with Crippen molar-refractivity contribution in [2.24, 2.45) is 22.9 Å². The van der Waals surface area contributed by atoms with Crippen LogP contribution in [0, 0.1) is 0 Å². The first-order valence-electron chi connectivity index (χ1n) is 1.76. The van der Waals surface area contributed by atoms with E-state index in [1.165, 1.54) is 0 Å². The highest BCUT2D eigenvalue weighted by atomic mass is 32.1. The van der Waals surface area contributed by atoms with E-state index in [2.05, 4.69) is 48.1 Å². The number of rotatable bonds is 0. The zero-order valence-electron chi connectivity index (χ0n) is 5.02. The Bertz CT molecular complexity index is 77.3. The molecular formula is C2H10N4O2S2. The topological polar surface area (TPSA) is 141 Å². The minimum atomic E-state index is -0.833. The first-order valence-corrected chi connectivity index (χ1v) is 2.57. The van der Waals surface area contributed by atoms with Crippen LogP contribution in [0.2, 0.25) is 0 Å². The van der Waals surface area contributed by atoms with Crippen LogP contribution in [-0.4, -0.2) is 15.7 Å². The van der Waals surface area contributed by atoms with Crippen LogP contribution in [0.1, 0.15) is 0 Å². The first-order chi connectivity index (χ1) is 4.46. The molecular weight excluding hydrogens is 176 g/mol. The predicted molar refractivity (Wildman–Crippen MR) is 46.4 cm³/mol. The fraction of sp³-hybridized carbons (Fsp3) is 0. The number of thiocarbonyl (C=S) groups is 1. The third-order valence-corrected chi connectivity index (χ3v) is 0. The van der Waals surface area contributed by atoms with Gasteiger partial charge in [-0.05, 0) is 25.1 Å². The van der Waals surface area contributed by atoms with Crippen molar-refractivity contribution in [3.63, 3.8) is 0 Å². The molecule has 6 nitrogen and oxygen atoms in total. The van der Waals surface area contributed by atoms with Crippen LogP contribution >= 0.6 is 25.1 Å². The van der Waals surface area contributed by atoms with Gasteiger partial charge in [-0.15, -0.1) is 0 Å². The maximum absolute atomic E-state index is 9.00.